The molecule has 104 valence electrons. The highest BCUT2D eigenvalue weighted by atomic mass is 32.2. The summed E-state index contributed by atoms with van der Waals surface area (Å²) in [6.45, 7) is 5.85. The summed E-state index contributed by atoms with van der Waals surface area (Å²) in [6.07, 6.45) is -5.08. The van der Waals surface area contributed by atoms with Crippen molar-refractivity contribution in [2.24, 2.45) is 0 Å². The van der Waals surface area contributed by atoms with Crippen LogP contribution >= 0.6 is 11.8 Å². The molecule has 1 saturated heterocycles. The zero-order valence-electron chi connectivity index (χ0n) is 10.3. The lowest BCUT2D eigenvalue weighted by molar-refractivity contribution is -0.192. The number of alkyl halides is 3. The topological polar surface area (TPSA) is 57.6 Å². The van der Waals surface area contributed by atoms with Crippen LogP contribution in [-0.2, 0) is 9.59 Å². The minimum absolute atomic E-state index is 0.417. The van der Waals surface area contributed by atoms with E-state index in [1.807, 2.05) is 0 Å². The van der Waals surface area contributed by atoms with Gasteiger partial charge < -0.3 is 10.0 Å². The van der Waals surface area contributed by atoms with Gasteiger partial charge in [0.05, 0.1) is 4.87 Å². The van der Waals surface area contributed by atoms with Gasteiger partial charge in [-0.1, -0.05) is 0 Å². The molecule has 0 radical (unpaired) electrons. The summed E-state index contributed by atoms with van der Waals surface area (Å²) in [7, 11) is 0. The predicted octanol–water partition coefficient (Wildman–Crippen LogP) is 2.09. The summed E-state index contributed by atoms with van der Waals surface area (Å²) >= 11 is 1.04. The van der Waals surface area contributed by atoms with Crippen molar-refractivity contribution in [1.82, 2.24) is 4.90 Å². The molecular weight excluding hydrogens is 271 g/mol. The van der Waals surface area contributed by atoms with Crippen LogP contribution in [0, 0.1) is 0 Å². The maximum atomic E-state index is 12.5. The number of carboxylic acid groups (broad SMARTS) is 1. The van der Waals surface area contributed by atoms with Gasteiger partial charge in [-0.3, -0.25) is 4.79 Å². The number of hydrogen-bond acceptors (Lipinski definition) is 3. The molecule has 1 unspecified atom stereocenters. The Kier molecular flexibility index (Phi) is 3.40. The summed E-state index contributed by atoms with van der Waals surface area (Å²) in [5.41, 5.74) is 0. The van der Waals surface area contributed by atoms with Gasteiger partial charge in [-0.15, -0.1) is 11.8 Å². The molecule has 1 heterocycles. The van der Waals surface area contributed by atoms with Gasteiger partial charge in [0.15, 0.2) is 0 Å². The Bertz CT molecular complexity index is 392. The van der Waals surface area contributed by atoms with Crippen LogP contribution < -0.4 is 0 Å². The van der Waals surface area contributed by atoms with Gasteiger partial charge in [0.1, 0.15) is 6.04 Å². The molecule has 0 bridgehead atoms. The zero-order chi connectivity index (χ0) is 14.5. The van der Waals surface area contributed by atoms with Gasteiger partial charge in [0.25, 0.3) is 0 Å². The number of carboxylic acids is 1. The molecule has 1 N–H and O–H groups in total. The van der Waals surface area contributed by atoms with Crippen molar-refractivity contribution in [3.8, 4) is 0 Å². The molecule has 18 heavy (non-hydrogen) atoms. The van der Waals surface area contributed by atoms with Crippen molar-refractivity contribution in [1.29, 1.82) is 0 Å². The number of halogens is 3. The lowest BCUT2D eigenvalue weighted by Gasteiger charge is -2.33. The van der Waals surface area contributed by atoms with E-state index < -0.39 is 33.7 Å². The molecule has 1 amide bonds. The van der Waals surface area contributed by atoms with Crippen LogP contribution in [0.5, 0.6) is 0 Å². The molecule has 1 aliphatic heterocycles. The van der Waals surface area contributed by atoms with E-state index in [9.17, 15) is 22.8 Å². The van der Waals surface area contributed by atoms with Crippen molar-refractivity contribution in [2.45, 2.75) is 49.5 Å². The van der Waals surface area contributed by atoms with E-state index in [-0.39, 0.29) is 0 Å². The lowest BCUT2D eigenvalue weighted by Crippen LogP contribution is -2.56. The molecule has 0 aliphatic carbocycles. The number of rotatable bonds is 1. The first kappa shape index (κ1) is 15.1. The van der Waals surface area contributed by atoms with Crippen LogP contribution in [0.2, 0.25) is 0 Å². The molecule has 1 rings (SSSR count). The van der Waals surface area contributed by atoms with E-state index in [0.29, 0.717) is 4.90 Å². The van der Waals surface area contributed by atoms with Gasteiger partial charge in [0.2, 0.25) is 0 Å². The standard InChI is InChI=1S/C10H14F3NO3S/c1-8(2)5(6(15)16)14(9(3,4)18-8)7(17)10(11,12)13/h5H,1-4H3,(H,15,16). The minimum atomic E-state index is -5.08. The van der Waals surface area contributed by atoms with Crippen molar-refractivity contribution < 1.29 is 27.9 Å². The predicted molar refractivity (Wildman–Crippen MR) is 60.1 cm³/mol. The second-order valence-electron chi connectivity index (χ2n) is 5.07. The molecule has 8 heteroatoms. The maximum Gasteiger partial charge on any atom is 0.471 e. The Hall–Kier alpha value is -0.920. The minimum Gasteiger partial charge on any atom is -0.480 e. The van der Waals surface area contributed by atoms with Crippen molar-refractivity contribution >= 4 is 23.6 Å². The first-order valence-corrected chi connectivity index (χ1v) is 5.96. The molecule has 0 aromatic carbocycles. The van der Waals surface area contributed by atoms with Crippen LogP contribution in [0.4, 0.5) is 13.2 Å². The third-order valence-electron chi connectivity index (χ3n) is 2.70. The second-order valence-corrected chi connectivity index (χ2v) is 7.32. The monoisotopic (exact) mass is 285 g/mol. The van der Waals surface area contributed by atoms with Gasteiger partial charge >= 0.3 is 18.1 Å². The van der Waals surface area contributed by atoms with Crippen molar-refractivity contribution in [3.05, 3.63) is 0 Å². The highest BCUT2D eigenvalue weighted by molar-refractivity contribution is 8.02. The first-order chi connectivity index (χ1) is 7.81. The molecule has 4 nitrogen and oxygen atoms in total. The van der Waals surface area contributed by atoms with E-state index in [2.05, 4.69) is 0 Å². The summed E-state index contributed by atoms with van der Waals surface area (Å²) in [5.74, 6) is -3.55. The van der Waals surface area contributed by atoms with Crippen LogP contribution in [0.3, 0.4) is 0 Å². The molecule has 0 saturated carbocycles. The summed E-state index contributed by atoms with van der Waals surface area (Å²) < 4.78 is 36.6. The number of nitrogens with zero attached hydrogens (tertiary/aromatic N) is 1. The average molecular weight is 285 g/mol. The van der Waals surface area contributed by atoms with Gasteiger partial charge in [-0.05, 0) is 27.7 Å². The number of carbonyl (C=O) groups excluding carboxylic acids is 1. The van der Waals surface area contributed by atoms with Crippen molar-refractivity contribution in [3.63, 3.8) is 0 Å². The third kappa shape index (κ3) is 2.43. The summed E-state index contributed by atoms with van der Waals surface area (Å²) in [6, 6.07) is -1.51. The normalized spacial score (nSPS) is 26.2. The highest BCUT2D eigenvalue weighted by Gasteiger charge is 2.61. The van der Waals surface area contributed by atoms with Crippen LogP contribution in [0.25, 0.3) is 0 Å². The number of amides is 1. The van der Waals surface area contributed by atoms with Gasteiger partial charge in [0, 0.05) is 4.75 Å². The number of hydrogen-bond donors (Lipinski definition) is 1. The summed E-state index contributed by atoms with van der Waals surface area (Å²) in [4.78, 5) is 21.8. The molecule has 0 spiro atoms. The highest BCUT2D eigenvalue weighted by Crippen LogP contribution is 2.51. The lowest BCUT2D eigenvalue weighted by atomic mass is 10.0. The Balaban J connectivity index is 3.29. The van der Waals surface area contributed by atoms with Crippen LogP contribution in [0.15, 0.2) is 0 Å². The fourth-order valence-corrected chi connectivity index (χ4v) is 4.17. The third-order valence-corrected chi connectivity index (χ3v) is 4.15. The maximum absolute atomic E-state index is 12.5. The van der Waals surface area contributed by atoms with E-state index in [1.165, 1.54) is 27.7 Å². The van der Waals surface area contributed by atoms with E-state index in [0.717, 1.165) is 11.8 Å². The van der Waals surface area contributed by atoms with Gasteiger partial charge in [-0.25, -0.2) is 4.79 Å². The first-order valence-electron chi connectivity index (χ1n) is 5.14. The number of aliphatic carboxylic acids is 1. The SMILES string of the molecule is CC1(C)SC(C)(C)N(C(=O)C(F)(F)F)C1C(=O)O. The Labute approximate surface area is 107 Å². The summed E-state index contributed by atoms with van der Waals surface area (Å²) in [5, 5.41) is 9.09. The van der Waals surface area contributed by atoms with Crippen molar-refractivity contribution in [2.75, 3.05) is 0 Å². The van der Waals surface area contributed by atoms with E-state index in [4.69, 9.17) is 5.11 Å². The zero-order valence-corrected chi connectivity index (χ0v) is 11.1. The number of carbonyl (C=O) groups is 2. The fourth-order valence-electron chi connectivity index (χ4n) is 2.28. The largest absolute Gasteiger partial charge is 0.480 e. The van der Waals surface area contributed by atoms with Gasteiger partial charge in [-0.2, -0.15) is 13.2 Å². The molecular formula is C10H14F3NO3S. The quantitative estimate of drug-likeness (QED) is 0.801. The van der Waals surface area contributed by atoms with Crippen LogP contribution in [-0.4, -0.2) is 43.7 Å². The molecule has 1 fully saturated rings. The Morgan fingerprint density at radius 1 is 1.22 bits per heavy atom. The number of thioether (sulfide) groups is 1. The van der Waals surface area contributed by atoms with Crippen LogP contribution in [0.1, 0.15) is 27.7 Å². The second kappa shape index (κ2) is 4.04. The molecule has 0 aromatic heterocycles. The Morgan fingerprint density at radius 2 is 1.67 bits per heavy atom. The smallest absolute Gasteiger partial charge is 0.471 e. The molecule has 1 aliphatic rings. The molecule has 1 atom stereocenters. The van der Waals surface area contributed by atoms with E-state index in [1.54, 1.807) is 0 Å². The fraction of sp³-hybridized carbons (Fsp3) is 0.800. The Morgan fingerprint density at radius 3 is 2.00 bits per heavy atom. The van der Waals surface area contributed by atoms with E-state index >= 15 is 0 Å². The average Bonchev–Trinajstić information content (AvgIpc) is 2.26. The molecule has 0 aromatic rings.